The Morgan fingerprint density at radius 1 is 1.33 bits per heavy atom. The second-order valence-corrected chi connectivity index (χ2v) is 5.09. The van der Waals surface area contributed by atoms with E-state index in [2.05, 4.69) is 5.32 Å². The maximum atomic E-state index is 11.7. The van der Waals surface area contributed by atoms with Crippen LogP contribution in [0.25, 0.3) is 0 Å². The molecular weight excluding hydrogens is 266 g/mol. The van der Waals surface area contributed by atoms with Crippen molar-refractivity contribution in [1.29, 1.82) is 0 Å². The fourth-order valence-electron chi connectivity index (χ4n) is 2.14. The van der Waals surface area contributed by atoms with Crippen molar-refractivity contribution in [2.24, 2.45) is 5.92 Å². The Morgan fingerprint density at radius 3 is 2.76 bits per heavy atom. The molecule has 2 rings (SSSR count). The van der Waals surface area contributed by atoms with Crippen molar-refractivity contribution < 1.29 is 14.7 Å². The van der Waals surface area contributed by atoms with E-state index in [1.807, 2.05) is 24.3 Å². The van der Waals surface area contributed by atoms with Gasteiger partial charge in [-0.2, -0.15) is 0 Å². The molecular formula is C17H19NO3. The van der Waals surface area contributed by atoms with Crippen LogP contribution >= 0.6 is 0 Å². The molecule has 0 heterocycles. The first-order valence-electron chi connectivity index (χ1n) is 7.08. The molecule has 4 heteroatoms. The van der Waals surface area contributed by atoms with Gasteiger partial charge < -0.3 is 10.4 Å². The van der Waals surface area contributed by atoms with E-state index in [9.17, 15) is 14.7 Å². The lowest BCUT2D eigenvalue weighted by Crippen LogP contribution is -2.23. The largest absolute Gasteiger partial charge is 0.508 e. The first-order valence-corrected chi connectivity index (χ1v) is 7.08. The number of phenolic OH excluding ortho intramolecular Hbond substituents is 1. The van der Waals surface area contributed by atoms with Crippen molar-refractivity contribution in [2.75, 3.05) is 6.54 Å². The summed E-state index contributed by atoms with van der Waals surface area (Å²) >= 11 is 0. The van der Waals surface area contributed by atoms with Gasteiger partial charge in [0.15, 0.2) is 5.78 Å². The molecule has 0 fully saturated rings. The summed E-state index contributed by atoms with van der Waals surface area (Å²) in [6, 6.07) is 6.93. The summed E-state index contributed by atoms with van der Waals surface area (Å²) in [5, 5.41) is 12.0. The Morgan fingerprint density at radius 2 is 2.10 bits per heavy atom. The molecule has 2 N–H and O–H groups in total. The van der Waals surface area contributed by atoms with Gasteiger partial charge >= 0.3 is 0 Å². The van der Waals surface area contributed by atoms with Crippen LogP contribution < -0.4 is 5.32 Å². The number of phenols is 1. The summed E-state index contributed by atoms with van der Waals surface area (Å²) in [4.78, 5) is 22.7. The average Bonchev–Trinajstić information content (AvgIpc) is 2.49. The second-order valence-electron chi connectivity index (χ2n) is 5.09. The summed E-state index contributed by atoms with van der Waals surface area (Å²) in [7, 11) is 0. The Hall–Kier alpha value is -2.36. The van der Waals surface area contributed by atoms with Crippen molar-refractivity contribution in [3.63, 3.8) is 0 Å². The van der Waals surface area contributed by atoms with Crippen LogP contribution in [0.15, 0.2) is 48.6 Å². The number of hydrogen-bond donors (Lipinski definition) is 2. The molecule has 4 nitrogen and oxygen atoms in total. The number of hydrogen-bond acceptors (Lipinski definition) is 3. The number of aromatic hydroxyl groups is 1. The van der Waals surface area contributed by atoms with Crippen LogP contribution in [0.3, 0.4) is 0 Å². The number of rotatable bonds is 5. The lowest BCUT2D eigenvalue weighted by molar-refractivity contribution is -0.116. The zero-order valence-electron chi connectivity index (χ0n) is 11.8. The highest BCUT2D eigenvalue weighted by molar-refractivity contribution is 5.91. The quantitative estimate of drug-likeness (QED) is 0.815. The van der Waals surface area contributed by atoms with Crippen LogP contribution in [0.1, 0.15) is 18.4 Å². The molecule has 0 saturated carbocycles. The number of carbonyl (C=O) groups excluding carboxylic acids is 2. The number of benzene rings is 1. The molecule has 1 aromatic rings. The molecule has 1 aliphatic carbocycles. The van der Waals surface area contributed by atoms with E-state index in [0.29, 0.717) is 13.0 Å². The van der Waals surface area contributed by atoms with Crippen LogP contribution in [0, 0.1) is 5.92 Å². The smallest absolute Gasteiger partial charge is 0.243 e. The van der Waals surface area contributed by atoms with Crippen LogP contribution in [0.4, 0.5) is 0 Å². The zero-order chi connectivity index (χ0) is 15.1. The van der Waals surface area contributed by atoms with Gasteiger partial charge in [0.2, 0.25) is 5.91 Å². The Bertz CT molecular complexity index is 558. The molecule has 1 amide bonds. The minimum atomic E-state index is -0.126. The standard InChI is InChI=1S/C17H19NO3/c19-15-6-1-13(2-7-15)5-10-17(21)18-12-11-14-3-8-16(20)9-4-14/h1,3-6,8-10,13,20H,2,7,11-12H2,(H,18,21). The van der Waals surface area contributed by atoms with E-state index in [1.54, 1.807) is 18.2 Å². The summed E-state index contributed by atoms with van der Waals surface area (Å²) in [6.45, 7) is 0.549. The van der Waals surface area contributed by atoms with Gasteiger partial charge in [0, 0.05) is 13.0 Å². The average molecular weight is 285 g/mol. The van der Waals surface area contributed by atoms with Gasteiger partial charge in [0.25, 0.3) is 0 Å². The predicted molar refractivity (Wildman–Crippen MR) is 80.8 cm³/mol. The minimum Gasteiger partial charge on any atom is -0.508 e. The van der Waals surface area contributed by atoms with Crippen molar-refractivity contribution >= 4 is 11.7 Å². The molecule has 110 valence electrons. The van der Waals surface area contributed by atoms with Gasteiger partial charge in [-0.05, 0) is 48.6 Å². The molecule has 1 atom stereocenters. The molecule has 1 aliphatic rings. The number of carbonyl (C=O) groups is 2. The molecule has 0 spiro atoms. The maximum absolute atomic E-state index is 11.7. The van der Waals surface area contributed by atoms with Crippen LogP contribution in [-0.4, -0.2) is 23.3 Å². The molecule has 0 bridgehead atoms. The lowest BCUT2D eigenvalue weighted by atomic mass is 9.95. The van der Waals surface area contributed by atoms with Crippen LogP contribution in [0.2, 0.25) is 0 Å². The van der Waals surface area contributed by atoms with E-state index in [0.717, 1.165) is 18.4 Å². The first kappa shape index (κ1) is 15.0. The van der Waals surface area contributed by atoms with Gasteiger partial charge in [-0.3, -0.25) is 9.59 Å². The van der Waals surface area contributed by atoms with Gasteiger partial charge in [-0.1, -0.05) is 24.3 Å². The monoisotopic (exact) mass is 285 g/mol. The van der Waals surface area contributed by atoms with Crippen molar-refractivity contribution in [1.82, 2.24) is 5.32 Å². The minimum absolute atomic E-state index is 0.126. The molecule has 0 saturated heterocycles. The molecule has 0 aliphatic heterocycles. The SMILES string of the molecule is O=C1C=CC(C=CC(=O)NCCc2ccc(O)cc2)CC1. The van der Waals surface area contributed by atoms with Gasteiger partial charge in [0.05, 0.1) is 0 Å². The Balaban J connectivity index is 1.71. The summed E-state index contributed by atoms with van der Waals surface area (Å²) in [6.07, 6.45) is 8.83. The van der Waals surface area contributed by atoms with Crippen LogP contribution in [-0.2, 0) is 16.0 Å². The van der Waals surface area contributed by atoms with Crippen molar-refractivity contribution in [2.45, 2.75) is 19.3 Å². The number of ketones is 1. The third-order valence-corrected chi connectivity index (χ3v) is 3.40. The Labute approximate surface area is 124 Å². The summed E-state index contributed by atoms with van der Waals surface area (Å²) in [5.74, 6) is 0.437. The fraction of sp³-hybridized carbons (Fsp3) is 0.294. The highest BCUT2D eigenvalue weighted by Crippen LogP contribution is 2.15. The maximum Gasteiger partial charge on any atom is 0.243 e. The first-order chi connectivity index (χ1) is 10.1. The van der Waals surface area contributed by atoms with E-state index < -0.39 is 0 Å². The zero-order valence-corrected chi connectivity index (χ0v) is 11.8. The number of allylic oxidation sites excluding steroid dienone is 3. The third kappa shape index (κ3) is 5.26. The van der Waals surface area contributed by atoms with E-state index in [1.165, 1.54) is 6.08 Å². The molecule has 0 aromatic heterocycles. The highest BCUT2D eigenvalue weighted by atomic mass is 16.3. The molecule has 0 radical (unpaired) electrons. The molecule has 21 heavy (non-hydrogen) atoms. The second kappa shape index (κ2) is 7.43. The van der Waals surface area contributed by atoms with Gasteiger partial charge in [-0.25, -0.2) is 0 Å². The van der Waals surface area contributed by atoms with E-state index in [4.69, 9.17) is 0 Å². The topological polar surface area (TPSA) is 66.4 Å². The number of amides is 1. The van der Waals surface area contributed by atoms with E-state index >= 15 is 0 Å². The summed E-state index contributed by atoms with van der Waals surface area (Å²) < 4.78 is 0. The normalized spacial score (nSPS) is 18.1. The molecule has 1 aromatic carbocycles. The van der Waals surface area contributed by atoms with Gasteiger partial charge in [0.1, 0.15) is 5.75 Å². The van der Waals surface area contributed by atoms with E-state index in [-0.39, 0.29) is 23.4 Å². The van der Waals surface area contributed by atoms with Crippen LogP contribution in [0.5, 0.6) is 5.75 Å². The predicted octanol–water partition coefficient (Wildman–Crippen LogP) is 2.14. The molecule has 1 unspecified atom stereocenters. The van der Waals surface area contributed by atoms with Crippen molar-refractivity contribution in [3.8, 4) is 5.75 Å². The number of nitrogens with one attached hydrogen (secondary N) is 1. The van der Waals surface area contributed by atoms with Crippen molar-refractivity contribution in [3.05, 3.63) is 54.1 Å². The van der Waals surface area contributed by atoms with Gasteiger partial charge in [-0.15, -0.1) is 0 Å². The highest BCUT2D eigenvalue weighted by Gasteiger charge is 2.10. The fourth-order valence-corrected chi connectivity index (χ4v) is 2.14. The summed E-state index contributed by atoms with van der Waals surface area (Å²) in [5.41, 5.74) is 1.06. The third-order valence-electron chi connectivity index (χ3n) is 3.40. The Kier molecular flexibility index (Phi) is 5.32. The lowest BCUT2D eigenvalue weighted by Gasteiger charge is -2.10.